The van der Waals surface area contributed by atoms with Crippen LogP contribution in [0.2, 0.25) is 36.3 Å². The van der Waals surface area contributed by atoms with Crippen molar-refractivity contribution < 1.29 is 61.8 Å². The van der Waals surface area contributed by atoms with E-state index in [1.807, 2.05) is 19.9 Å². The van der Waals surface area contributed by atoms with E-state index in [1.54, 1.807) is 14.0 Å². The topological polar surface area (TPSA) is 158 Å². The predicted octanol–water partition coefficient (Wildman–Crippen LogP) is 7.18. The van der Waals surface area contributed by atoms with Gasteiger partial charge in [0, 0.05) is 66.1 Å². The van der Waals surface area contributed by atoms with Crippen LogP contribution in [0.3, 0.4) is 0 Å². The highest BCUT2D eigenvalue weighted by Crippen LogP contribution is 2.50. The number of Topliss-reactive ketones (excluding diaryl/α,β-unsaturated/α-hetero) is 1. The number of carbonyl (C=O) groups excluding carboxylic acids is 2. The summed E-state index contributed by atoms with van der Waals surface area (Å²) in [4.78, 5) is 26.3. The fourth-order valence-electron chi connectivity index (χ4n) is 7.42. The molecule has 0 aromatic heterocycles. The molecule has 1 saturated heterocycles. The van der Waals surface area contributed by atoms with E-state index in [0.29, 0.717) is 18.6 Å². The normalized spacial score (nSPS) is 24.1. The van der Waals surface area contributed by atoms with Gasteiger partial charge in [0.1, 0.15) is 12.9 Å². The molecule has 0 aliphatic carbocycles. The van der Waals surface area contributed by atoms with Crippen LogP contribution in [-0.2, 0) is 51.6 Å². The van der Waals surface area contributed by atoms with Crippen LogP contribution in [0.25, 0.3) is 0 Å². The fourth-order valence-corrected chi connectivity index (χ4v) is 11.3. The summed E-state index contributed by atoms with van der Waals surface area (Å²) in [5.41, 5.74) is -0.679. The number of esters is 1. The lowest BCUT2D eigenvalue weighted by Gasteiger charge is -2.58. The van der Waals surface area contributed by atoms with E-state index in [2.05, 4.69) is 61.6 Å². The number of hydrogen-bond donors (Lipinski definition) is 2. The number of ether oxygens (including phenoxy) is 7. The van der Waals surface area contributed by atoms with E-state index in [1.165, 1.54) is 28.4 Å². The van der Waals surface area contributed by atoms with Gasteiger partial charge in [-0.2, -0.15) is 0 Å². The Kier molecular flexibility index (Phi) is 22.5. The molecule has 0 amide bonds. The highest BCUT2D eigenvalue weighted by atomic mass is 28.4. The Labute approximate surface area is 347 Å². The van der Waals surface area contributed by atoms with Crippen molar-refractivity contribution >= 4 is 28.4 Å². The number of aliphatic hydroxyl groups excluding tert-OH is 2. The first-order valence-electron chi connectivity index (χ1n) is 20.9. The number of carbonyl (C=O) groups is 2. The van der Waals surface area contributed by atoms with Gasteiger partial charge in [-0.05, 0) is 61.1 Å². The minimum atomic E-state index is -2.35. The second-order valence-electron chi connectivity index (χ2n) is 17.8. The van der Waals surface area contributed by atoms with Gasteiger partial charge in [0.2, 0.25) is 5.79 Å². The first kappa shape index (κ1) is 53.9. The second-order valence-corrected chi connectivity index (χ2v) is 27.3. The van der Waals surface area contributed by atoms with Crippen molar-refractivity contribution in [2.24, 2.45) is 11.3 Å². The van der Waals surface area contributed by atoms with Gasteiger partial charge in [0.15, 0.2) is 28.5 Å². The third kappa shape index (κ3) is 14.0. The minimum absolute atomic E-state index is 0.0607. The number of allylic oxidation sites excluding steroid dienone is 1. The number of ketones is 1. The van der Waals surface area contributed by atoms with Gasteiger partial charge in [0.25, 0.3) is 0 Å². The maximum absolute atomic E-state index is 13.5. The summed E-state index contributed by atoms with van der Waals surface area (Å²) in [6, 6.07) is 2.53. The fraction of sp³-hybridized carbons (Fsp3) is 0.905. The maximum atomic E-state index is 13.5. The van der Waals surface area contributed by atoms with E-state index in [0.717, 1.165) is 24.6 Å². The number of rotatable bonds is 27. The highest BCUT2D eigenvalue weighted by Gasteiger charge is 2.64. The van der Waals surface area contributed by atoms with E-state index >= 15 is 0 Å². The monoisotopic (exact) mass is 851 g/mol. The Morgan fingerprint density at radius 2 is 1.56 bits per heavy atom. The van der Waals surface area contributed by atoms with Gasteiger partial charge >= 0.3 is 5.97 Å². The van der Waals surface area contributed by atoms with E-state index < -0.39 is 76.5 Å². The van der Waals surface area contributed by atoms with E-state index in [9.17, 15) is 19.8 Å². The van der Waals surface area contributed by atoms with Crippen LogP contribution in [0.15, 0.2) is 11.6 Å². The molecule has 1 aliphatic rings. The molecule has 1 aliphatic heterocycles. The third-order valence-electron chi connectivity index (χ3n) is 13.0. The summed E-state index contributed by atoms with van der Waals surface area (Å²) in [6.45, 7) is 25.3. The third-order valence-corrected chi connectivity index (χ3v) is 22.1. The van der Waals surface area contributed by atoms with Gasteiger partial charge in [-0.15, -0.1) is 0 Å². The zero-order valence-electron chi connectivity index (χ0n) is 38.7. The standard InChI is InChI=1S/C42H82O13Si2/c1-18-30(27-53-56(16,17)40(6,7)8)22-29(5)33(44)23-31(43)24-36(45)41(9,10)42(51-15)38(55-57(19-2,20-3)21-4)35(49-13)26-32(54-42)25-34(48-12)37(39(46)50-14)52-28-47-11/h22,30-32,34-38,43,45H,18-21,23-28H2,1-17H3/b29-22-/t30-,31-,32+,34-,35-,36+,37+,38-,42+/m0/s1. The van der Waals surface area contributed by atoms with Crippen molar-refractivity contribution in [3.8, 4) is 0 Å². The van der Waals surface area contributed by atoms with Crippen LogP contribution in [0.5, 0.6) is 0 Å². The number of aliphatic hydroxyl groups is 2. The van der Waals surface area contributed by atoms with Gasteiger partial charge in [-0.3, -0.25) is 4.79 Å². The largest absolute Gasteiger partial charge is 0.467 e. The first-order chi connectivity index (χ1) is 26.5. The van der Waals surface area contributed by atoms with Crippen molar-refractivity contribution in [3.05, 3.63) is 11.6 Å². The summed E-state index contributed by atoms with van der Waals surface area (Å²) in [6.07, 6.45) is -3.24. The summed E-state index contributed by atoms with van der Waals surface area (Å²) in [5.74, 6) is -2.37. The maximum Gasteiger partial charge on any atom is 0.337 e. The molecular formula is C42H82O13Si2. The summed E-state index contributed by atoms with van der Waals surface area (Å²) in [7, 11) is 3.02. The molecule has 0 spiro atoms. The van der Waals surface area contributed by atoms with Gasteiger partial charge in [0.05, 0.1) is 37.6 Å². The molecule has 1 fully saturated rings. The van der Waals surface area contributed by atoms with Gasteiger partial charge < -0.3 is 52.2 Å². The lowest BCUT2D eigenvalue weighted by molar-refractivity contribution is -0.384. The predicted molar refractivity (Wildman–Crippen MR) is 227 cm³/mol. The zero-order valence-corrected chi connectivity index (χ0v) is 40.7. The van der Waals surface area contributed by atoms with E-state index in [4.69, 9.17) is 42.0 Å². The molecule has 1 rings (SSSR count). The molecule has 1 heterocycles. The van der Waals surface area contributed by atoms with Crippen LogP contribution in [-0.4, -0.2) is 136 Å². The van der Waals surface area contributed by atoms with Crippen molar-refractivity contribution in [1.29, 1.82) is 0 Å². The van der Waals surface area contributed by atoms with Crippen molar-refractivity contribution in [1.82, 2.24) is 0 Å². The second kappa shape index (κ2) is 23.8. The Morgan fingerprint density at radius 3 is 2.02 bits per heavy atom. The molecule has 2 N–H and O–H groups in total. The summed E-state index contributed by atoms with van der Waals surface area (Å²) in [5, 5.41) is 23.6. The average molecular weight is 851 g/mol. The molecule has 0 radical (unpaired) electrons. The molecule has 0 aromatic carbocycles. The SMILES string of the molecule is CC[C@@H](/C=C(/C)C(=O)C[C@H](O)C[C@@H](O)C(C)(C)[C@]1(OC)O[C@H](C[C@H](OC)[C@@H](OCOC)C(=O)OC)C[C@H](OC)[C@@H]1O[Si](CC)(CC)CC)CO[Si](C)(C)C(C)(C)C. The molecule has 0 unspecified atom stereocenters. The molecule has 9 atom stereocenters. The highest BCUT2D eigenvalue weighted by molar-refractivity contribution is 6.74. The molecule has 0 saturated carbocycles. The van der Waals surface area contributed by atoms with Gasteiger partial charge in [-0.25, -0.2) is 4.79 Å². The van der Waals surface area contributed by atoms with Crippen molar-refractivity contribution in [3.63, 3.8) is 0 Å². The minimum Gasteiger partial charge on any atom is -0.467 e. The van der Waals surface area contributed by atoms with Gasteiger partial charge in [-0.1, -0.05) is 68.4 Å². The van der Waals surface area contributed by atoms with Crippen LogP contribution >= 0.6 is 0 Å². The molecule has 0 aromatic rings. The summed E-state index contributed by atoms with van der Waals surface area (Å²) < 4.78 is 54.8. The summed E-state index contributed by atoms with van der Waals surface area (Å²) >= 11 is 0. The average Bonchev–Trinajstić information content (AvgIpc) is 3.17. The van der Waals surface area contributed by atoms with Crippen molar-refractivity contribution in [2.45, 2.75) is 186 Å². The zero-order chi connectivity index (χ0) is 44.0. The lowest BCUT2D eigenvalue weighted by Crippen LogP contribution is -2.71. The molecular weight excluding hydrogens is 769 g/mol. The van der Waals surface area contributed by atoms with Crippen LogP contribution < -0.4 is 0 Å². The smallest absolute Gasteiger partial charge is 0.337 e. The molecule has 0 bridgehead atoms. The van der Waals surface area contributed by atoms with Crippen LogP contribution in [0, 0.1) is 11.3 Å². The lowest BCUT2D eigenvalue weighted by atomic mass is 9.70. The van der Waals surface area contributed by atoms with Crippen molar-refractivity contribution in [2.75, 3.05) is 48.9 Å². The Hall–Kier alpha value is -1.09. The quantitative estimate of drug-likeness (QED) is 0.0371. The molecule has 57 heavy (non-hydrogen) atoms. The molecule has 336 valence electrons. The first-order valence-corrected chi connectivity index (χ1v) is 26.3. The number of methoxy groups -OCH3 is 5. The Morgan fingerprint density at radius 1 is 0.965 bits per heavy atom. The molecule has 15 heteroatoms. The van der Waals surface area contributed by atoms with E-state index in [-0.39, 0.29) is 42.8 Å². The Balaban J connectivity index is 3.55. The number of hydrogen-bond acceptors (Lipinski definition) is 13. The van der Waals surface area contributed by atoms with Crippen LogP contribution in [0.4, 0.5) is 0 Å². The van der Waals surface area contributed by atoms with Crippen LogP contribution in [0.1, 0.15) is 101 Å². The molecule has 13 nitrogen and oxygen atoms in total. The Bertz CT molecular complexity index is 1230.